The van der Waals surface area contributed by atoms with Gasteiger partial charge in [0.1, 0.15) is 6.10 Å². The van der Waals surface area contributed by atoms with Gasteiger partial charge in [-0.1, -0.05) is 19.3 Å². The topological polar surface area (TPSA) is 66.4 Å². The van der Waals surface area contributed by atoms with Gasteiger partial charge < -0.3 is 14.6 Å². The summed E-state index contributed by atoms with van der Waals surface area (Å²) in [6, 6.07) is 0. The van der Waals surface area contributed by atoms with E-state index in [0.717, 1.165) is 0 Å². The number of hydrogen-bond donors (Lipinski definition) is 0. The van der Waals surface area contributed by atoms with Crippen LogP contribution in [0.3, 0.4) is 0 Å². The molecule has 138 valence electrons. The van der Waals surface area contributed by atoms with Gasteiger partial charge in [-0.2, -0.15) is 26.3 Å². The van der Waals surface area contributed by atoms with Gasteiger partial charge in [-0.3, -0.25) is 0 Å². The van der Waals surface area contributed by atoms with Gasteiger partial charge in [-0.05, 0) is 24.8 Å². The number of aliphatic carboxylic acids is 1. The van der Waals surface area contributed by atoms with Crippen LogP contribution in [-0.4, -0.2) is 30.4 Å². The molecular weight excluding hydrogens is 346 g/mol. The summed E-state index contributed by atoms with van der Waals surface area (Å²) in [5, 5.41) is 10.2. The van der Waals surface area contributed by atoms with E-state index in [1.165, 1.54) is 0 Å². The zero-order valence-electron chi connectivity index (χ0n) is 12.3. The Balaban J connectivity index is 3.11. The van der Waals surface area contributed by atoms with E-state index in [-0.39, 0.29) is 25.0 Å². The zero-order chi connectivity index (χ0) is 18.5. The van der Waals surface area contributed by atoms with Crippen LogP contribution in [0.5, 0.6) is 0 Å². The molecule has 0 aliphatic heterocycles. The second kappa shape index (κ2) is 7.89. The van der Waals surface area contributed by atoms with E-state index in [9.17, 15) is 41.0 Å². The number of halogens is 6. The smallest absolute Gasteiger partial charge is 0.404 e. The molecule has 0 bridgehead atoms. The summed E-state index contributed by atoms with van der Waals surface area (Å²) < 4.78 is 82.1. The first-order chi connectivity index (χ1) is 10.9. The molecule has 0 aromatic rings. The number of rotatable bonds is 5. The van der Waals surface area contributed by atoms with Gasteiger partial charge in [-0.25, -0.2) is 4.79 Å². The summed E-state index contributed by atoms with van der Waals surface area (Å²) in [5.41, 5.74) is 0. The lowest BCUT2D eigenvalue weighted by Crippen LogP contribution is -2.50. The number of hydrogen-bond acceptors (Lipinski definition) is 4. The number of carbonyl (C=O) groups excluding carboxylic acids is 2. The highest BCUT2D eigenvalue weighted by Crippen LogP contribution is 2.46. The largest absolute Gasteiger partial charge is 0.545 e. The van der Waals surface area contributed by atoms with E-state index in [0.29, 0.717) is 19.3 Å². The summed E-state index contributed by atoms with van der Waals surface area (Å²) in [6.07, 6.45) is -11.7. The Morgan fingerprint density at radius 2 is 1.46 bits per heavy atom. The van der Waals surface area contributed by atoms with Crippen molar-refractivity contribution in [3.05, 3.63) is 12.2 Å². The van der Waals surface area contributed by atoms with Crippen molar-refractivity contribution in [3.63, 3.8) is 0 Å². The third kappa shape index (κ3) is 6.04. The van der Waals surface area contributed by atoms with E-state index in [2.05, 4.69) is 4.74 Å². The number of ether oxygens (including phenoxy) is 1. The minimum absolute atomic E-state index is 0.0603. The van der Waals surface area contributed by atoms with Gasteiger partial charge in [-0.15, -0.1) is 0 Å². The first kappa shape index (κ1) is 20.3. The fraction of sp³-hybridized carbons (Fsp3) is 0.714. The van der Waals surface area contributed by atoms with Crippen molar-refractivity contribution in [1.82, 2.24) is 0 Å². The van der Waals surface area contributed by atoms with Gasteiger partial charge in [0.2, 0.25) is 0 Å². The molecule has 0 aromatic heterocycles. The van der Waals surface area contributed by atoms with E-state index in [4.69, 9.17) is 0 Å². The first-order valence-electron chi connectivity index (χ1n) is 7.16. The summed E-state index contributed by atoms with van der Waals surface area (Å²) in [7, 11) is 0. The molecule has 10 heteroatoms. The number of carbonyl (C=O) groups is 2. The number of esters is 1. The Bertz CT molecular complexity index is 463. The van der Waals surface area contributed by atoms with Crippen LogP contribution in [0.4, 0.5) is 26.3 Å². The molecule has 1 rings (SSSR count). The van der Waals surface area contributed by atoms with Crippen LogP contribution < -0.4 is 5.11 Å². The number of carboxylic acid groups (broad SMARTS) is 1. The quantitative estimate of drug-likeness (QED) is 0.429. The van der Waals surface area contributed by atoms with Crippen molar-refractivity contribution < 1.29 is 45.8 Å². The van der Waals surface area contributed by atoms with Crippen LogP contribution in [0.1, 0.15) is 32.1 Å². The van der Waals surface area contributed by atoms with Crippen molar-refractivity contribution >= 4 is 11.9 Å². The molecule has 1 unspecified atom stereocenters. The molecule has 1 aliphatic rings. The van der Waals surface area contributed by atoms with Gasteiger partial charge >= 0.3 is 18.3 Å². The Morgan fingerprint density at radius 1 is 0.958 bits per heavy atom. The number of carboxylic acids is 1. The minimum atomic E-state index is -5.65. The van der Waals surface area contributed by atoms with Crippen LogP contribution >= 0.6 is 0 Å². The van der Waals surface area contributed by atoms with E-state index < -0.39 is 42.2 Å². The molecular formula is C14H15F6O4-. The lowest BCUT2D eigenvalue weighted by atomic mass is 9.79. The Morgan fingerprint density at radius 3 is 1.88 bits per heavy atom. The van der Waals surface area contributed by atoms with Crippen molar-refractivity contribution in [2.45, 2.75) is 50.6 Å². The predicted molar refractivity (Wildman–Crippen MR) is 66.2 cm³/mol. The highest BCUT2D eigenvalue weighted by Gasteiger charge is 2.63. The Hall–Kier alpha value is -1.74. The van der Waals surface area contributed by atoms with Crippen LogP contribution in [0, 0.1) is 11.8 Å². The van der Waals surface area contributed by atoms with E-state index in [1.54, 1.807) is 0 Å². The van der Waals surface area contributed by atoms with Crippen LogP contribution in [0.2, 0.25) is 0 Å². The molecule has 1 atom stereocenters. The lowest BCUT2D eigenvalue weighted by molar-refractivity contribution is -0.313. The van der Waals surface area contributed by atoms with Crippen molar-refractivity contribution in [1.29, 1.82) is 0 Å². The second-order valence-electron chi connectivity index (χ2n) is 5.51. The molecule has 1 fully saturated rings. The van der Waals surface area contributed by atoms with Crippen LogP contribution in [0.25, 0.3) is 0 Å². The molecule has 0 spiro atoms. The summed E-state index contributed by atoms with van der Waals surface area (Å²) in [4.78, 5) is 21.6. The highest BCUT2D eigenvalue weighted by atomic mass is 19.4. The van der Waals surface area contributed by atoms with Crippen LogP contribution in [-0.2, 0) is 14.3 Å². The highest BCUT2D eigenvalue weighted by molar-refractivity contribution is 5.90. The maximum absolute atomic E-state index is 13.0. The van der Waals surface area contributed by atoms with Crippen molar-refractivity contribution in [3.8, 4) is 0 Å². The zero-order valence-corrected chi connectivity index (χ0v) is 12.3. The SMILES string of the molecule is O=C([O-])/C=C/C(=O)OC(C1CCCCC1)C(C(F)(F)F)C(F)(F)F. The monoisotopic (exact) mass is 361 g/mol. The van der Waals surface area contributed by atoms with Crippen molar-refractivity contribution in [2.75, 3.05) is 0 Å². The number of alkyl halides is 6. The Labute approximate surface area is 133 Å². The lowest BCUT2D eigenvalue weighted by Gasteiger charge is -2.36. The van der Waals surface area contributed by atoms with Crippen molar-refractivity contribution in [2.24, 2.45) is 11.8 Å². The van der Waals surface area contributed by atoms with Gasteiger partial charge in [0.15, 0.2) is 5.92 Å². The molecule has 1 saturated carbocycles. The fourth-order valence-corrected chi connectivity index (χ4v) is 2.77. The third-order valence-electron chi connectivity index (χ3n) is 3.76. The second-order valence-corrected chi connectivity index (χ2v) is 5.51. The molecule has 0 radical (unpaired) electrons. The average Bonchev–Trinajstić information content (AvgIpc) is 2.42. The molecule has 0 N–H and O–H groups in total. The molecule has 0 saturated heterocycles. The third-order valence-corrected chi connectivity index (χ3v) is 3.76. The summed E-state index contributed by atoms with van der Waals surface area (Å²) >= 11 is 0. The Kier molecular flexibility index (Phi) is 6.67. The van der Waals surface area contributed by atoms with Gasteiger partial charge in [0.05, 0.1) is 5.97 Å². The maximum atomic E-state index is 13.0. The molecule has 1 aliphatic carbocycles. The molecule has 4 nitrogen and oxygen atoms in total. The minimum Gasteiger partial charge on any atom is -0.545 e. The fourth-order valence-electron chi connectivity index (χ4n) is 2.77. The predicted octanol–water partition coefficient (Wildman–Crippen LogP) is 2.53. The molecule has 0 amide bonds. The van der Waals surface area contributed by atoms with E-state index in [1.807, 2.05) is 0 Å². The molecule has 24 heavy (non-hydrogen) atoms. The molecule has 0 heterocycles. The average molecular weight is 361 g/mol. The van der Waals surface area contributed by atoms with Gasteiger partial charge in [0, 0.05) is 6.08 Å². The normalized spacial score (nSPS) is 18.8. The van der Waals surface area contributed by atoms with Crippen LogP contribution in [0.15, 0.2) is 12.2 Å². The summed E-state index contributed by atoms with van der Waals surface area (Å²) in [5.74, 6) is -8.35. The standard InChI is InChI=1S/C14H16F6O4/c15-13(16,17)12(14(18,19)20)11(8-4-2-1-3-5-8)24-10(23)7-6-9(21)22/h6-8,11-12H,1-5H2,(H,21,22)/p-1/b7-6+. The van der Waals surface area contributed by atoms with Gasteiger partial charge in [0.25, 0.3) is 0 Å². The molecule has 0 aromatic carbocycles. The summed E-state index contributed by atoms with van der Waals surface area (Å²) in [6.45, 7) is 0. The maximum Gasteiger partial charge on any atom is 0.404 e. The first-order valence-corrected chi connectivity index (χ1v) is 7.16. The van der Waals surface area contributed by atoms with E-state index >= 15 is 0 Å².